The molecule has 34 heavy (non-hydrogen) atoms. The highest BCUT2D eigenvalue weighted by Gasteiger charge is 2.60. The summed E-state index contributed by atoms with van der Waals surface area (Å²) in [5.74, 6) is 1.26. The first kappa shape index (κ1) is 24.0. The second kappa shape index (κ2) is 8.17. The number of sulfonamides is 1. The number of ketones is 1. The van der Waals surface area contributed by atoms with Crippen molar-refractivity contribution in [3.63, 3.8) is 0 Å². The molecule has 1 aromatic rings. The molecule has 3 fully saturated rings. The van der Waals surface area contributed by atoms with Gasteiger partial charge in [-0.2, -0.15) is 0 Å². The van der Waals surface area contributed by atoms with Gasteiger partial charge in [0.2, 0.25) is 10.0 Å². The number of esters is 1. The highest BCUT2D eigenvalue weighted by Crippen LogP contribution is 2.65. The topological polar surface area (TPSA) is 104 Å². The van der Waals surface area contributed by atoms with E-state index in [-0.39, 0.29) is 38.2 Å². The SMILES string of the molecule is C[C@]12CCC(=O)C=C1CCC1C2CC[C@@]2(C)C1CC[C@@H]2OC(=O)c1cc(S(N)(=O)=O)ccc1Cl. The van der Waals surface area contributed by atoms with Crippen molar-refractivity contribution in [1.82, 2.24) is 0 Å². The van der Waals surface area contributed by atoms with Gasteiger partial charge in [0.1, 0.15) is 6.10 Å². The Morgan fingerprint density at radius 1 is 1.09 bits per heavy atom. The predicted octanol–water partition coefficient (Wildman–Crippen LogP) is 5.04. The van der Waals surface area contributed by atoms with Gasteiger partial charge in [-0.25, -0.2) is 18.4 Å². The minimum absolute atomic E-state index is 0.0285. The summed E-state index contributed by atoms with van der Waals surface area (Å²) in [5.41, 5.74) is 1.36. The molecule has 5 rings (SSSR count). The van der Waals surface area contributed by atoms with Gasteiger partial charge in [0.25, 0.3) is 0 Å². The van der Waals surface area contributed by atoms with Crippen LogP contribution in [0.3, 0.4) is 0 Å². The molecule has 2 N–H and O–H groups in total. The van der Waals surface area contributed by atoms with Crippen molar-refractivity contribution in [3.05, 3.63) is 40.4 Å². The maximum Gasteiger partial charge on any atom is 0.339 e. The number of carbonyl (C=O) groups is 2. The highest BCUT2D eigenvalue weighted by atomic mass is 35.5. The third-order valence-corrected chi connectivity index (χ3v) is 10.9. The van der Waals surface area contributed by atoms with E-state index in [0.29, 0.717) is 24.2 Å². The molecule has 0 spiro atoms. The van der Waals surface area contributed by atoms with Crippen LogP contribution in [0.25, 0.3) is 0 Å². The number of hydrogen-bond acceptors (Lipinski definition) is 5. The molecule has 1 aromatic carbocycles. The number of rotatable bonds is 3. The van der Waals surface area contributed by atoms with Crippen LogP contribution >= 0.6 is 11.6 Å². The van der Waals surface area contributed by atoms with E-state index in [0.717, 1.165) is 44.9 Å². The number of carbonyl (C=O) groups excluding carboxylic acids is 2. The molecule has 3 unspecified atom stereocenters. The number of allylic oxidation sites excluding steroid dienone is 1. The van der Waals surface area contributed by atoms with Crippen molar-refractivity contribution in [2.45, 2.75) is 76.2 Å². The van der Waals surface area contributed by atoms with Crippen molar-refractivity contribution in [2.24, 2.45) is 33.7 Å². The Morgan fingerprint density at radius 3 is 2.59 bits per heavy atom. The van der Waals surface area contributed by atoms with Gasteiger partial charge in [0.05, 0.1) is 15.5 Å². The summed E-state index contributed by atoms with van der Waals surface area (Å²) >= 11 is 6.21. The van der Waals surface area contributed by atoms with E-state index < -0.39 is 16.0 Å². The van der Waals surface area contributed by atoms with E-state index in [1.54, 1.807) is 0 Å². The van der Waals surface area contributed by atoms with E-state index in [2.05, 4.69) is 13.8 Å². The fraction of sp³-hybridized carbons (Fsp3) is 0.615. The van der Waals surface area contributed by atoms with Crippen molar-refractivity contribution >= 4 is 33.4 Å². The molecule has 0 aliphatic heterocycles. The lowest BCUT2D eigenvalue weighted by atomic mass is 9.47. The van der Waals surface area contributed by atoms with Crippen LogP contribution in [0.1, 0.15) is 75.6 Å². The Bertz CT molecular complexity index is 1190. The number of halogens is 1. The van der Waals surface area contributed by atoms with Gasteiger partial charge in [-0.05, 0) is 92.4 Å². The van der Waals surface area contributed by atoms with Crippen LogP contribution in [-0.2, 0) is 19.6 Å². The molecule has 6 nitrogen and oxygen atoms in total. The van der Waals surface area contributed by atoms with Crippen LogP contribution in [0.2, 0.25) is 5.02 Å². The smallest absolute Gasteiger partial charge is 0.339 e. The van der Waals surface area contributed by atoms with Crippen LogP contribution in [0.15, 0.2) is 34.7 Å². The largest absolute Gasteiger partial charge is 0.458 e. The summed E-state index contributed by atoms with van der Waals surface area (Å²) in [4.78, 5) is 25.0. The minimum atomic E-state index is -3.96. The second-order valence-electron chi connectivity index (χ2n) is 11.2. The van der Waals surface area contributed by atoms with Crippen LogP contribution in [-0.4, -0.2) is 26.3 Å². The van der Waals surface area contributed by atoms with Crippen LogP contribution in [0.4, 0.5) is 0 Å². The Kier molecular flexibility index (Phi) is 5.77. The Labute approximate surface area is 206 Å². The summed E-state index contributed by atoms with van der Waals surface area (Å²) < 4.78 is 29.5. The van der Waals surface area contributed by atoms with E-state index in [4.69, 9.17) is 21.5 Å². The van der Waals surface area contributed by atoms with Crippen molar-refractivity contribution in [3.8, 4) is 0 Å². The lowest BCUT2D eigenvalue weighted by molar-refractivity contribution is -0.118. The number of ether oxygens (including phenoxy) is 1. The number of fused-ring (bicyclic) bond motifs is 5. The zero-order valence-electron chi connectivity index (χ0n) is 19.7. The summed E-state index contributed by atoms with van der Waals surface area (Å²) in [6, 6.07) is 3.85. The molecular formula is C26H32ClNO5S. The van der Waals surface area contributed by atoms with Crippen molar-refractivity contribution in [1.29, 1.82) is 0 Å². The van der Waals surface area contributed by atoms with Gasteiger partial charge in [-0.3, -0.25) is 4.79 Å². The standard InChI is InChI=1S/C26H32ClNO5S/c1-25-11-9-16(29)13-15(25)3-5-18-20-6-8-23(26(20,2)12-10-21(18)25)33-24(30)19-14-17(34(28,31)32)4-7-22(19)27/h4,7,13-14,18,20-21,23H,3,5-6,8-12H2,1-2H3,(H2,28,31,32)/t18?,20?,21?,23-,25-,26-/m0/s1. The average Bonchev–Trinajstić information content (AvgIpc) is 3.10. The quantitative estimate of drug-likeness (QED) is 0.579. The molecule has 0 bridgehead atoms. The fourth-order valence-corrected chi connectivity index (χ4v) is 8.47. The molecule has 0 aromatic heterocycles. The monoisotopic (exact) mass is 505 g/mol. The van der Waals surface area contributed by atoms with Crippen LogP contribution < -0.4 is 5.14 Å². The van der Waals surface area contributed by atoms with Crippen molar-refractivity contribution < 1.29 is 22.7 Å². The first-order valence-corrected chi connectivity index (χ1v) is 14.1. The van der Waals surface area contributed by atoms with E-state index in [1.165, 1.54) is 23.8 Å². The number of primary sulfonamides is 1. The van der Waals surface area contributed by atoms with Crippen molar-refractivity contribution in [2.75, 3.05) is 0 Å². The fourth-order valence-electron chi connectivity index (χ4n) is 7.74. The molecule has 0 heterocycles. The third-order valence-electron chi connectivity index (χ3n) is 9.61. The Hall–Kier alpha value is -1.70. The highest BCUT2D eigenvalue weighted by molar-refractivity contribution is 7.89. The number of benzene rings is 1. The van der Waals surface area contributed by atoms with Gasteiger partial charge in [-0.1, -0.05) is 31.0 Å². The predicted molar refractivity (Wildman–Crippen MR) is 129 cm³/mol. The molecular weight excluding hydrogens is 474 g/mol. The van der Waals surface area contributed by atoms with Gasteiger partial charge in [0.15, 0.2) is 5.78 Å². The summed E-state index contributed by atoms with van der Waals surface area (Å²) in [6.07, 6.45) is 9.18. The molecule has 0 saturated heterocycles. The molecule has 0 radical (unpaired) electrons. The molecule has 8 heteroatoms. The van der Waals surface area contributed by atoms with Crippen LogP contribution in [0, 0.1) is 28.6 Å². The van der Waals surface area contributed by atoms with E-state index in [9.17, 15) is 18.0 Å². The van der Waals surface area contributed by atoms with Gasteiger partial charge >= 0.3 is 5.97 Å². The zero-order chi connectivity index (χ0) is 24.5. The molecule has 4 aliphatic carbocycles. The minimum Gasteiger partial charge on any atom is -0.458 e. The third kappa shape index (κ3) is 3.75. The Morgan fingerprint density at radius 2 is 1.85 bits per heavy atom. The van der Waals surface area contributed by atoms with Gasteiger partial charge < -0.3 is 4.74 Å². The first-order chi connectivity index (χ1) is 15.9. The van der Waals surface area contributed by atoms with E-state index in [1.807, 2.05) is 6.08 Å². The van der Waals surface area contributed by atoms with Crippen LogP contribution in [0.5, 0.6) is 0 Å². The number of nitrogens with two attached hydrogens (primary N) is 1. The maximum absolute atomic E-state index is 13.1. The number of hydrogen-bond donors (Lipinski definition) is 1. The average molecular weight is 506 g/mol. The maximum atomic E-state index is 13.1. The summed E-state index contributed by atoms with van der Waals surface area (Å²) in [6.45, 7) is 4.61. The van der Waals surface area contributed by atoms with Gasteiger partial charge in [-0.15, -0.1) is 0 Å². The molecule has 0 amide bonds. The van der Waals surface area contributed by atoms with E-state index >= 15 is 0 Å². The lowest BCUT2D eigenvalue weighted by Crippen LogP contribution is -2.51. The Balaban J connectivity index is 1.37. The second-order valence-corrected chi connectivity index (χ2v) is 13.1. The molecule has 3 saturated carbocycles. The molecule has 6 atom stereocenters. The summed E-state index contributed by atoms with van der Waals surface area (Å²) in [7, 11) is -3.96. The molecule has 4 aliphatic rings. The van der Waals surface area contributed by atoms with Gasteiger partial charge in [0, 0.05) is 11.8 Å². The normalized spacial score (nSPS) is 37.3. The zero-order valence-corrected chi connectivity index (χ0v) is 21.3. The lowest BCUT2D eigenvalue weighted by Gasteiger charge is -2.57. The molecule has 184 valence electrons. The first-order valence-electron chi connectivity index (χ1n) is 12.2. The summed E-state index contributed by atoms with van der Waals surface area (Å²) in [5, 5.41) is 5.38.